The van der Waals surface area contributed by atoms with Gasteiger partial charge in [-0.05, 0) is 46.9 Å². The first-order chi connectivity index (χ1) is 14.3. The van der Waals surface area contributed by atoms with Crippen LogP contribution in [0.3, 0.4) is 0 Å². The summed E-state index contributed by atoms with van der Waals surface area (Å²) in [7, 11) is -1.38. The minimum Gasteiger partial charge on any atom is -0.114 e. The molecule has 4 rings (SSSR count). The van der Waals surface area contributed by atoms with E-state index in [9.17, 15) is 0 Å². The van der Waals surface area contributed by atoms with E-state index in [1.807, 2.05) is 0 Å². The number of hydrogen-bond acceptors (Lipinski definition) is 0. The lowest BCUT2D eigenvalue weighted by Gasteiger charge is -2.38. The average molecular weight is 476 g/mol. The van der Waals surface area contributed by atoms with Crippen molar-refractivity contribution in [3.05, 3.63) is 144 Å². The molecule has 4 aromatic carbocycles. The second-order valence-corrected chi connectivity index (χ2v) is 11.9. The molecule has 0 spiro atoms. The highest BCUT2D eigenvalue weighted by atomic mass is 79.9. The van der Waals surface area contributed by atoms with Gasteiger partial charge in [0.15, 0.2) is 0 Å². The third-order valence-electron chi connectivity index (χ3n) is 5.44. The molecular weight excluding hydrogens is 447 g/mol. The molecule has 0 unspecified atom stereocenters. The van der Waals surface area contributed by atoms with Crippen LogP contribution in [0.15, 0.2) is 121 Å². The molecule has 1 radical (unpaired) electrons. The van der Waals surface area contributed by atoms with Crippen LogP contribution in [0.5, 0.6) is 0 Å². The molecule has 0 bridgehead atoms. The summed E-state index contributed by atoms with van der Waals surface area (Å²) >= 11 is 0. The highest BCUT2D eigenvalue weighted by Crippen LogP contribution is 2.68. The first-order valence-corrected chi connectivity index (χ1v) is 12.9. The first kappa shape index (κ1) is 22.5. The van der Waals surface area contributed by atoms with E-state index in [0.717, 1.165) is 0 Å². The summed E-state index contributed by atoms with van der Waals surface area (Å²) in [5, 5.41) is 0. The third-order valence-corrected chi connectivity index (χ3v) is 9.59. The Kier molecular flexibility index (Phi) is 8.43. The Bertz CT molecular complexity index is 814. The predicted octanol–water partition coefficient (Wildman–Crippen LogP) is 8.38. The molecule has 0 amide bonds. The zero-order valence-electron chi connectivity index (χ0n) is 17.2. The van der Waals surface area contributed by atoms with Crippen LogP contribution >= 0.6 is 24.2 Å². The van der Waals surface area contributed by atoms with E-state index >= 15 is 0 Å². The Morgan fingerprint density at radius 1 is 0.333 bits per heavy atom. The van der Waals surface area contributed by atoms with Crippen LogP contribution in [0.4, 0.5) is 0 Å². The van der Waals surface area contributed by atoms with Crippen molar-refractivity contribution in [2.24, 2.45) is 0 Å². The van der Waals surface area contributed by atoms with Crippen molar-refractivity contribution in [3.8, 4) is 0 Å². The van der Waals surface area contributed by atoms with Gasteiger partial charge in [0, 0.05) is 0 Å². The van der Waals surface area contributed by atoms with E-state index in [4.69, 9.17) is 0 Å². The van der Waals surface area contributed by atoms with E-state index in [2.05, 4.69) is 121 Å². The van der Waals surface area contributed by atoms with Crippen molar-refractivity contribution < 1.29 is 0 Å². The molecule has 30 heavy (non-hydrogen) atoms. The quantitative estimate of drug-likeness (QED) is 0.224. The van der Waals surface area contributed by atoms with Crippen molar-refractivity contribution in [1.82, 2.24) is 0 Å². The topological polar surface area (TPSA) is 0 Å². The molecule has 0 aliphatic carbocycles. The molecule has 0 nitrogen and oxygen atoms in total. The molecule has 4 aromatic rings. The number of hydrogen-bond donors (Lipinski definition) is 0. The van der Waals surface area contributed by atoms with Gasteiger partial charge in [0.25, 0.3) is 0 Å². The van der Waals surface area contributed by atoms with Gasteiger partial charge in [-0.1, -0.05) is 121 Å². The van der Waals surface area contributed by atoms with Crippen LogP contribution in [-0.4, -0.2) is 0 Å². The molecule has 0 heterocycles. The molecule has 0 aliphatic heterocycles. The van der Waals surface area contributed by atoms with Gasteiger partial charge in [-0.3, -0.25) is 0 Å². The number of halogens is 1. The van der Waals surface area contributed by atoms with Gasteiger partial charge < -0.3 is 0 Å². The lowest BCUT2D eigenvalue weighted by molar-refractivity contribution is 1.17. The Hall–Kier alpha value is -2.21. The van der Waals surface area contributed by atoms with Gasteiger partial charge in [-0.2, -0.15) is 0 Å². The molecule has 0 aromatic heterocycles. The van der Waals surface area contributed by atoms with E-state index < -0.39 is 7.26 Å². The van der Waals surface area contributed by atoms with Gasteiger partial charge in [0.1, 0.15) is 0 Å². The second kappa shape index (κ2) is 11.3. The molecule has 0 saturated carbocycles. The lowest BCUT2D eigenvalue weighted by Crippen LogP contribution is -2.08. The molecule has 0 N–H and O–H groups in total. The van der Waals surface area contributed by atoms with Gasteiger partial charge in [0.2, 0.25) is 0 Å². The Balaban J connectivity index is 0.00000256. The van der Waals surface area contributed by atoms with Crippen molar-refractivity contribution >= 4 is 24.2 Å². The zero-order chi connectivity index (χ0) is 19.8. The smallest absolute Gasteiger partial charge is 0.00978 e. The standard InChI is InChI=1S/C28H28P.BrH/c1-5-13-25(14-6-1)21-29(22-26-15-7-2-8-16-26,23-27-17-9-3-10-18-27)24-28-19-11-4-12-20-28;/h1-20H,21-24H2;1H. The molecule has 0 aliphatic rings. The summed E-state index contributed by atoms with van der Waals surface area (Å²) in [5.41, 5.74) is 5.85. The van der Waals surface area contributed by atoms with Gasteiger partial charge in [-0.25, -0.2) is 0 Å². The third kappa shape index (κ3) is 6.39. The fourth-order valence-corrected chi connectivity index (χ4v) is 8.83. The number of benzene rings is 4. The van der Waals surface area contributed by atoms with E-state index in [1.54, 1.807) is 0 Å². The average Bonchev–Trinajstić information content (AvgIpc) is 2.76. The highest BCUT2D eigenvalue weighted by Gasteiger charge is 2.29. The molecule has 153 valence electrons. The van der Waals surface area contributed by atoms with Crippen LogP contribution in [0.25, 0.3) is 0 Å². The van der Waals surface area contributed by atoms with Crippen molar-refractivity contribution in [3.63, 3.8) is 0 Å². The summed E-state index contributed by atoms with van der Waals surface area (Å²) < 4.78 is 0. The summed E-state index contributed by atoms with van der Waals surface area (Å²) in [6, 6.07) is 44.3. The van der Waals surface area contributed by atoms with E-state index in [-0.39, 0.29) is 17.0 Å². The fourth-order valence-electron chi connectivity index (χ4n) is 4.22. The SMILES string of the molecule is Br.c1ccc(C[P](Cc2ccccc2)(Cc2ccccc2)Cc2ccccc2)cc1. The van der Waals surface area contributed by atoms with Crippen LogP contribution in [0, 0.1) is 0 Å². The maximum Gasteiger partial charge on any atom is -0.00978 e. The maximum atomic E-state index is 2.30. The van der Waals surface area contributed by atoms with Gasteiger partial charge in [-0.15, -0.1) is 24.2 Å². The van der Waals surface area contributed by atoms with Crippen molar-refractivity contribution in [2.45, 2.75) is 24.6 Å². The van der Waals surface area contributed by atoms with Gasteiger partial charge >= 0.3 is 0 Å². The first-order valence-electron chi connectivity index (χ1n) is 10.3. The Morgan fingerprint density at radius 2 is 0.533 bits per heavy atom. The lowest BCUT2D eigenvalue weighted by atomic mass is 10.2. The molecule has 0 atom stereocenters. The normalized spacial score (nSPS) is 10.9. The van der Waals surface area contributed by atoms with E-state index in [0.29, 0.717) is 0 Å². The fraction of sp³-hybridized carbons (Fsp3) is 0.143. The molecule has 0 fully saturated rings. The summed E-state index contributed by atoms with van der Waals surface area (Å²) in [4.78, 5) is 0. The Morgan fingerprint density at radius 3 is 0.733 bits per heavy atom. The van der Waals surface area contributed by atoms with Crippen LogP contribution < -0.4 is 0 Å². The summed E-state index contributed by atoms with van der Waals surface area (Å²) in [6.07, 6.45) is 4.69. The Labute approximate surface area is 192 Å². The van der Waals surface area contributed by atoms with Crippen LogP contribution in [-0.2, 0) is 24.6 Å². The van der Waals surface area contributed by atoms with Crippen molar-refractivity contribution in [1.29, 1.82) is 0 Å². The maximum absolute atomic E-state index is 2.30. The zero-order valence-corrected chi connectivity index (χ0v) is 19.8. The van der Waals surface area contributed by atoms with Crippen LogP contribution in [0.1, 0.15) is 22.3 Å². The van der Waals surface area contributed by atoms with E-state index in [1.165, 1.54) is 46.9 Å². The minimum atomic E-state index is -1.38. The second-order valence-electron chi connectivity index (χ2n) is 7.92. The number of rotatable bonds is 8. The van der Waals surface area contributed by atoms with Gasteiger partial charge in [0.05, 0.1) is 0 Å². The largest absolute Gasteiger partial charge is 0.114 e. The molecular formula is C28H29BrP. The minimum absolute atomic E-state index is 0. The highest BCUT2D eigenvalue weighted by molar-refractivity contribution is 8.93. The summed E-state index contributed by atoms with van der Waals surface area (Å²) in [6.45, 7) is 0. The summed E-state index contributed by atoms with van der Waals surface area (Å²) in [5.74, 6) is 0. The van der Waals surface area contributed by atoms with Crippen LogP contribution in [0.2, 0.25) is 0 Å². The monoisotopic (exact) mass is 475 g/mol. The predicted molar refractivity (Wildman–Crippen MR) is 138 cm³/mol. The molecule has 2 heteroatoms. The molecule has 0 saturated heterocycles. The van der Waals surface area contributed by atoms with Crippen molar-refractivity contribution in [2.75, 3.05) is 0 Å².